The van der Waals surface area contributed by atoms with Crippen molar-refractivity contribution in [2.24, 2.45) is 4.99 Å². The molecule has 0 amide bonds. The SMILES string of the molecule is CN=C(NCCOCCOC)N1CCN(c2ccccc2F)CC1.I. The maximum Gasteiger partial charge on any atom is 0.193 e. The highest BCUT2D eigenvalue weighted by atomic mass is 127. The number of benzene rings is 1. The van der Waals surface area contributed by atoms with Gasteiger partial charge in [0.25, 0.3) is 0 Å². The van der Waals surface area contributed by atoms with Gasteiger partial charge in [-0.15, -0.1) is 24.0 Å². The molecular formula is C17H28FIN4O2. The monoisotopic (exact) mass is 466 g/mol. The lowest BCUT2D eigenvalue weighted by atomic mass is 10.2. The minimum absolute atomic E-state index is 0. The normalized spacial score (nSPS) is 15.1. The lowest BCUT2D eigenvalue weighted by molar-refractivity contribution is 0.0731. The van der Waals surface area contributed by atoms with Gasteiger partial charge in [-0.1, -0.05) is 12.1 Å². The van der Waals surface area contributed by atoms with E-state index in [2.05, 4.69) is 20.1 Å². The Kier molecular flexibility index (Phi) is 10.7. The molecule has 6 nitrogen and oxygen atoms in total. The van der Waals surface area contributed by atoms with Gasteiger partial charge < -0.3 is 24.6 Å². The van der Waals surface area contributed by atoms with E-state index in [9.17, 15) is 4.39 Å². The van der Waals surface area contributed by atoms with E-state index in [0.29, 0.717) is 32.1 Å². The summed E-state index contributed by atoms with van der Waals surface area (Å²) in [7, 11) is 3.43. The van der Waals surface area contributed by atoms with E-state index in [1.165, 1.54) is 6.07 Å². The summed E-state index contributed by atoms with van der Waals surface area (Å²) >= 11 is 0. The summed E-state index contributed by atoms with van der Waals surface area (Å²) in [5.74, 6) is 0.695. The molecule has 0 atom stereocenters. The van der Waals surface area contributed by atoms with Gasteiger partial charge in [0, 0.05) is 46.9 Å². The van der Waals surface area contributed by atoms with E-state index in [1.807, 2.05) is 12.1 Å². The predicted octanol–water partition coefficient (Wildman–Crippen LogP) is 1.80. The molecular weight excluding hydrogens is 438 g/mol. The molecule has 8 heteroatoms. The van der Waals surface area contributed by atoms with Crippen molar-refractivity contribution in [3.63, 3.8) is 0 Å². The summed E-state index contributed by atoms with van der Waals surface area (Å²) in [5.41, 5.74) is 0.673. The van der Waals surface area contributed by atoms with E-state index < -0.39 is 0 Å². The fraction of sp³-hybridized carbons (Fsp3) is 0.588. The molecule has 1 aliphatic heterocycles. The summed E-state index contributed by atoms with van der Waals surface area (Å²) in [4.78, 5) is 8.58. The second-order valence-electron chi connectivity index (χ2n) is 5.50. The van der Waals surface area contributed by atoms with Crippen LogP contribution in [-0.2, 0) is 9.47 Å². The van der Waals surface area contributed by atoms with Gasteiger partial charge >= 0.3 is 0 Å². The number of para-hydroxylation sites is 1. The summed E-state index contributed by atoms with van der Waals surface area (Å²) in [6, 6.07) is 6.92. The molecule has 2 rings (SSSR count). The van der Waals surface area contributed by atoms with Crippen molar-refractivity contribution < 1.29 is 13.9 Å². The lowest BCUT2D eigenvalue weighted by Gasteiger charge is -2.37. The number of hydrogen-bond donors (Lipinski definition) is 1. The highest BCUT2D eigenvalue weighted by Crippen LogP contribution is 2.20. The average Bonchev–Trinajstić information content (AvgIpc) is 2.62. The van der Waals surface area contributed by atoms with Crippen LogP contribution in [0.3, 0.4) is 0 Å². The second kappa shape index (κ2) is 12.3. The van der Waals surface area contributed by atoms with E-state index in [1.54, 1.807) is 20.2 Å². The lowest BCUT2D eigenvalue weighted by Crippen LogP contribution is -2.53. The molecule has 1 N–H and O–H groups in total. The van der Waals surface area contributed by atoms with Crippen molar-refractivity contribution in [1.82, 2.24) is 10.2 Å². The van der Waals surface area contributed by atoms with Gasteiger partial charge in [-0.2, -0.15) is 0 Å². The van der Waals surface area contributed by atoms with Gasteiger partial charge in [-0.05, 0) is 12.1 Å². The first-order valence-corrected chi connectivity index (χ1v) is 8.28. The van der Waals surface area contributed by atoms with E-state index in [-0.39, 0.29) is 29.8 Å². The second-order valence-corrected chi connectivity index (χ2v) is 5.50. The number of rotatable bonds is 7. The van der Waals surface area contributed by atoms with E-state index in [0.717, 1.165) is 32.1 Å². The number of hydrogen-bond acceptors (Lipinski definition) is 4. The summed E-state index contributed by atoms with van der Waals surface area (Å²) in [6.45, 7) is 5.65. The number of nitrogens with zero attached hydrogens (tertiary/aromatic N) is 3. The number of anilines is 1. The zero-order valence-corrected chi connectivity index (χ0v) is 17.2. The number of guanidine groups is 1. The Morgan fingerprint density at radius 2 is 1.88 bits per heavy atom. The fourth-order valence-corrected chi connectivity index (χ4v) is 2.68. The van der Waals surface area contributed by atoms with Gasteiger partial charge in [-0.3, -0.25) is 4.99 Å². The minimum Gasteiger partial charge on any atom is -0.382 e. The first kappa shape index (κ1) is 21.9. The highest BCUT2D eigenvalue weighted by Gasteiger charge is 2.21. The van der Waals surface area contributed by atoms with Crippen LogP contribution in [0.2, 0.25) is 0 Å². The molecule has 0 bridgehead atoms. The molecule has 0 saturated carbocycles. The van der Waals surface area contributed by atoms with Crippen LogP contribution in [0.1, 0.15) is 0 Å². The molecule has 1 heterocycles. The van der Waals surface area contributed by atoms with Crippen molar-refractivity contribution in [3.8, 4) is 0 Å². The molecule has 0 radical (unpaired) electrons. The van der Waals surface area contributed by atoms with Crippen LogP contribution in [0, 0.1) is 5.82 Å². The van der Waals surface area contributed by atoms with Crippen LogP contribution >= 0.6 is 24.0 Å². The van der Waals surface area contributed by atoms with Crippen LogP contribution in [-0.4, -0.2) is 77.6 Å². The van der Waals surface area contributed by atoms with E-state index in [4.69, 9.17) is 9.47 Å². The Morgan fingerprint density at radius 3 is 2.52 bits per heavy atom. The molecule has 0 aromatic heterocycles. The highest BCUT2D eigenvalue weighted by molar-refractivity contribution is 14.0. The Morgan fingerprint density at radius 1 is 1.16 bits per heavy atom. The minimum atomic E-state index is -0.165. The van der Waals surface area contributed by atoms with Crippen molar-refractivity contribution in [1.29, 1.82) is 0 Å². The molecule has 1 aromatic rings. The van der Waals surface area contributed by atoms with Crippen LogP contribution in [0.15, 0.2) is 29.3 Å². The summed E-state index contributed by atoms with van der Waals surface area (Å²) < 4.78 is 24.2. The third kappa shape index (κ3) is 6.95. The average molecular weight is 466 g/mol. The van der Waals surface area contributed by atoms with Crippen LogP contribution in [0.4, 0.5) is 10.1 Å². The number of ether oxygens (including phenoxy) is 2. The molecule has 1 aromatic carbocycles. The van der Waals surface area contributed by atoms with Crippen molar-refractivity contribution in [2.75, 3.05) is 71.6 Å². The molecule has 0 unspecified atom stereocenters. The van der Waals surface area contributed by atoms with Crippen molar-refractivity contribution in [3.05, 3.63) is 30.1 Å². The maximum atomic E-state index is 13.9. The van der Waals surface area contributed by atoms with Crippen LogP contribution in [0.5, 0.6) is 0 Å². The molecule has 25 heavy (non-hydrogen) atoms. The quantitative estimate of drug-likeness (QED) is 0.288. The van der Waals surface area contributed by atoms with Crippen molar-refractivity contribution in [2.45, 2.75) is 0 Å². The first-order valence-electron chi connectivity index (χ1n) is 8.28. The van der Waals surface area contributed by atoms with Crippen LogP contribution in [0.25, 0.3) is 0 Å². The third-order valence-corrected chi connectivity index (χ3v) is 3.95. The number of aliphatic imine (C=N–C) groups is 1. The molecule has 0 aliphatic carbocycles. The van der Waals surface area contributed by atoms with Gasteiger partial charge in [0.2, 0.25) is 0 Å². The predicted molar refractivity (Wildman–Crippen MR) is 110 cm³/mol. The van der Waals surface area contributed by atoms with Gasteiger partial charge in [0.05, 0.1) is 25.5 Å². The number of piperazine rings is 1. The Bertz CT molecular complexity index is 525. The Balaban J connectivity index is 0.00000312. The molecule has 0 spiro atoms. The van der Waals surface area contributed by atoms with Gasteiger partial charge in [0.1, 0.15) is 5.82 Å². The topological polar surface area (TPSA) is 49.3 Å². The zero-order chi connectivity index (χ0) is 17.2. The summed E-state index contributed by atoms with van der Waals surface area (Å²) in [6.07, 6.45) is 0. The fourth-order valence-electron chi connectivity index (χ4n) is 2.68. The molecule has 1 aliphatic rings. The Labute approximate surface area is 166 Å². The standard InChI is InChI=1S/C17H27FN4O2.HI/c1-19-17(20-7-12-24-14-13-23-2)22-10-8-21(9-11-22)16-6-4-3-5-15(16)18;/h3-6H,7-14H2,1-2H3,(H,19,20);1H. The zero-order valence-electron chi connectivity index (χ0n) is 14.9. The van der Waals surface area contributed by atoms with Gasteiger partial charge in [0.15, 0.2) is 5.96 Å². The van der Waals surface area contributed by atoms with Crippen LogP contribution < -0.4 is 10.2 Å². The number of nitrogens with one attached hydrogen (secondary N) is 1. The number of halogens is 2. The largest absolute Gasteiger partial charge is 0.382 e. The molecule has 142 valence electrons. The maximum absolute atomic E-state index is 13.9. The molecule has 1 fully saturated rings. The summed E-state index contributed by atoms with van der Waals surface area (Å²) in [5, 5.41) is 3.30. The first-order chi connectivity index (χ1) is 11.8. The molecule has 1 saturated heterocycles. The van der Waals surface area contributed by atoms with Crippen molar-refractivity contribution >= 4 is 35.6 Å². The smallest absolute Gasteiger partial charge is 0.193 e. The number of methoxy groups -OCH3 is 1. The van der Waals surface area contributed by atoms with Gasteiger partial charge in [-0.25, -0.2) is 4.39 Å². The Hall–Kier alpha value is -1.13. The third-order valence-electron chi connectivity index (χ3n) is 3.95. The van der Waals surface area contributed by atoms with E-state index >= 15 is 0 Å².